The Labute approximate surface area is 116 Å². The molecule has 2 rings (SSSR count). The number of anilines is 2. The van der Waals surface area contributed by atoms with Crippen molar-refractivity contribution in [3.63, 3.8) is 0 Å². The molecule has 0 unspecified atom stereocenters. The minimum atomic E-state index is 0.472. The zero-order valence-electron chi connectivity index (χ0n) is 10.6. The molecular formula is C12H14ClN5O. The maximum absolute atomic E-state index is 6.03. The summed E-state index contributed by atoms with van der Waals surface area (Å²) in [6.45, 7) is 0.568. The molecule has 0 aliphatic carbocycles. The third kappa shape index (κ3) is 3.45. The number of hydrogen-bond acceptors (Lipinski definition) is 6. The van der Waals surface area contributed by atoms with Crippen LogP contribution >= 0.6 is 11.6 Å². The van der Waals surface area contributed by atoms with Crippen molar-refractivity contribution in [3.05, 3.63) is 35.1 Å². The van der Waals surface area contributed by atoms with Gasteiger partial charge in [-0.1, -0.05) is 11.6 Å². The number of methoxy groups -OCH3 is 1. The number of pyridine rings is 1. The Morgan fingerprint density at radius 2 is 2.21 bits per heavy atom. The van der Waals surface area contributed by atoms with Crippen LogP contribution in [-0.2, 0) is 6.54 Å². The molecule has 0 bridgehead atoms. The molecule has 6 nitrogen and oxygen atoms in total. The van der Waals surface area contributed by atoms with E-state index in [9.17, 15) is 0 Å². The highest BCUT2D eigenvalue weighted by atomic mass is 35.5. The second kappa shape index (κ2) is 6.19. The first kappa shape index (κ1) is 13.4. The molecule has 2 N–H and O–H groups in total. The van der Waals surface area contributed by atoms with Crippen molar-refractivity contribution in [2.75, 3.05) is 24.8 Å². The standard InChI is InChI=1S/C12H14ClN5O/c1-14-12-17-7-9(13)11(18-12)16-6-8-3-4-15-10(5-8)19-2/h3-5,7H,6H2,1-2H3,(H2,14,16,17,18). The largest absolute Gasteiger partial charge is 0.481 e. The summed E-state index contributed by atoms with van der Waals surface area (Å²) in [6, 6.07) is 3.74. The summed E-state index contributed by atoms with van der Waals surface area (Å²) >= 11 is 6.03. The van der Waals surface area contributed by atoms with Crippen LogP contribution in [0.1, 0.15) is 5.56 Å². The molecule has 2 aromatic heterocycles. The number of ether oxygens (including phenoxy) is 1. The van der Waals surface area contributed by atoms with Crippen LogP contribution in [0.4, 0.5) is 11.8 Å². The van der Waals surface area contributed by atoms with E-state index in [0.717, 1.165) is 5.56 Å². The maximum Gasteiger partial charge on any atom is 0.224 e. The Bertz CT molecular complexity index is 564. The number of nitrogens with zero attached hydrogens (tertiary/aromatic N) is 3. The van der Waals surface area contributed by atoms with Crippen LogP contribution in [0.15, 0.2) is 24.5 Å². The summed E-state index contributed by atoms with van der Waals surface area (Å²) in [5.74, 6) is 1.67. The fourth-order valence-corrected chi connectivity index (χ4v) is 1.63. The van der Waals surface area contributed by atoms with Crippen molar-refractivity contribution in [1.29, 1.82) is 0 Å². The smallest absolute Gasteiger partial charge is 0.224 e. The molecule has 0 fully saturated rings. The average molecular weight is 280 g/mol. The van der Waals surface area contributed by atoms with E-state index in [1.807, 2.05) is 12.1 Å². The van der Waals surface area contributed by atoms with Crippen LogP contribution in [0.5, 0.6) is 5.88 Å². The van der Waals surface area contributed by atoms with Gasteiger partial charge in [-0.2, -0.15) is 4.98 Å². The number of rotatable bonds is 5. The molecule has 0 saturated heterocycles. The molecule has 19 heavy (non-hydrogen) atoms. The Balaban J connectivity index is 2.09. The molecule has 0 aromatic carbocycles. The third-order valence-corrected chi connectivity index (χ3v) is 2.71. The normalized spacial score (nSPS) is 10.1. The second-order valence-electron chi connectivity index (χ2n) is 3.70. The first-order chi connectivity index (χ1) is 9.22. The van der Waals surface area contributed by atoms with Gasteiger partial charge in [-0.25, -0.2) is 9.97 Å². The number of halogens is 1. The quantitative estimate of drug-likeness (QED) is 0.874. The number of aromatic nitrogens is 3. The van der Waals surface area contributed by atoms with Crippen LogP contribution < -0.4 is 15.4 Å². The van der Waals surface area contributed by atoms with Gasteiger partial charge in [0.1, 0.15) is 5.02 Å². The van der Waals surface area contributed by atoms with Crippen molar-refractivity contribution in [1.82, 2.24) is 15.0 Å². The molecule has 0 saturated carbocycles. The van der Waals surface area contributed by atoms with E-state index < -0.39 is 0 Å². The monoisotopic (exact) mass is 279 g/mol. The molecule has 100 valence electrons. The van der Waals surface area contributed by atoms with Crippen LogP contribution in [0.3, 0.4) is 0 Å². The minimum Gasteiger partial charge on any atom is -0.481 e. The van der Waals surface area contributed by atoms with Gasteiger partial charge >= 0.3 is 0 Å². The van der Waals surface area contributed by atoms with E-state index >= 15 is 0 Å². The molecule has 0 amide bonds. The van der Waals surface area contributed by atoms with E-state index in [0.29, 0.717) is 29.2 Å². The Hall–Kier alpha value is -2.08. The molecule has 0 atom stereocenters. The van der Waals surface area contributed by atoms with Gasteiger partial charge < -0.3 is 15.4 Å². The summed E-state index contributed by atoms with van der Waals surface area (Å²) in [7, 11) is 3.33. The predicted molar refractivity (Wildman–Crippen MR) is 74.7 cm³/mol. The van der Waals surface area contributed by atoms with E-state index in [4.69, 9.17) is 16.3 Å². The van der Waals surface area contributed by atoms with E-state index in [1.165, 1.54) is 0 Å². The second-order valence-corrected chi connectivity index (χ2v) is 4.11. The molecule has 0 radical (unpaired) electrons. The highest BCUT2D eigenvalue weighted by molar-refractivity contribution is 6.32. The first-order valence-corrected chi connectivity index (χ1v) is 6.04. The van der Waals surface area contributed by atoms with Gasteiger partial charge in [-0.05, 0) is 11.6 Å². The molecule has 0 aliphatic rings. The zero-order valence-corrected chi connectivity index (χ0v) is 11.4. The molecule has 2 heterocycles. The van der Waals surface area contributed by atoms with Gasteiger partial charge in [0, 0.05) is 25.9 Å². The van der Waals surface area contributed by atoms with Crippen molar-refractivity contribution in [2.24, 2.45) is 0 Å². The lowest BCUT2D eigenvalue weighted by atomic mass is 10.2. The maximum atomic E-state index is 6.03. The van der Waals surface area contributed by atoms with Crippen LogP contribution in [0.25, 0.3) is 0 Å². The average Bonchev–Trinajstić information content (AvgIpc) is 2.46. The summed E-state index contributed by atoms with van der Waals surface area (Å²) < 4.78 is 5.07. The molecule has 0 aliphatic heterocycles. The molecular weight excluding hydrogens is 266 g/mol. The minimum absolute atomic E-state index is 0.472. The first-order valence-electron chi connectivity index (χ1n) is 5.66. The van der Waals surface area contributed by atoms with Gasteiger partial charge in [0.2, 0.25) is 11.8 Å². The number of hydrogen-bond donors (Lipinski definition) is 2. The van der Waals surface area contributed by atoms with E-state index in [1.54, 1.807) is 26.6 Å². The van der Waals surface area contributed by atoms with E-state index in [-0.39, 0.29) is 0 Å². The number of nitrogens with one attached hydrogen (secondary N) is 2. The van der Waals surface area contributed by atoms with Gasteiger partial charge in [0.05, 0.1) is 13.3 Å². The fraction of sp³-hybridized carbons (Fsp3) is 0.250. The van der Waals surface area contributed by atoms with Crippen LogP contribution in [-0.4, -0.2) is 29.1 Å². The topological polar surface area (TPSA) is 72.0 Å². The lowest BCUT2D eigenvalue weighted by molar-refractivity contribution is 0.397. The summed E-state index contributed by atoms with van der Waals surface area (Å²) in [5, 5.41) is 6.48. The lowest BCUT2D eigenvalue weighted by Crippen LogP contribution is -2.05. The summed E-state index contributed by atoms with van der Waals surface area (Å²) in [5.41, 5.74) is 1.02. The third-order valence-electron chi connectivity index (χ3n) is 2.44. The fourth-order valence-electron chi connectivity index (χ4n) is 1.47. The van der Waals surface area contributed by atoms with Crippen LogP contribution in [0.2, 0.25) is 5.02 Å². The van der Waals surface area contributed by atoms with E-state index in [2.05, 4.69) is 25.6 Å². The Kier molecular flexibility index (Phi) is 4.35. The van der Waals surface area contributed by atoms with Gasteiger partial charge in [0.25, 0.3) is 0 Å². The predicted octanol–water partition coefficient (Wildman–Crippen LogP) is 2.19. The van der Waals surface area contributed by atoms with Gasteiger partial charge in [-0.3, -0.25) is 0 Å². The molecule has 2 aromatic rings. The van der Waals surface area contributed by atoms with Gasteiger partial charge in [-0.15, -0.1) is 0 Å². The Morgan fingerprint density at radius 1 is 1.37 bits per heavy atom. The van der Waals surface area contributed by atoms with Crippen molar-refractivity contribution in [3.8, 4) is 5.88 Å². The Morgan fingerprint density at radius 3 is 2.95 bits per heavy atom. The van der Waals surface area contributed by atoms with Crippen LogP contribution in [0, 0.1) is 0 Å². The summed E-state index contributed by atoms with van der Waals surface area (Å²) in [4.78, 5) is 12.3. The van der Waals surface area contributed by atoms with Crippen molar-refractivity contribution in [2.45, 2.75) is 6.54 Å². The zero-order chi connectivity index (χ0) is 13.7. The SMILES string of the molecule is CNc1ncc(Cl)c(NCc2ccnc(OC)c2)n1. The van der Waals surface area contributed by atoms with Gasteiger partial charge in [0.15, 0.2) is 5.82 Å². The van der Waals surface area contributed by atoms with Crippen molar-refractivity contribution < 1.29 is 4.74 Å². The molecule has 7 heteroatoms. The highest BCUT2D eigenvalue weighted by Gasteiger charge is 2.05. The molecule has 0 spiro atoms. The van der Waals surface area contributed by atoms with Crippen molar-refractivity contribution >= 4 is 23.4 Å². The highest BCUT2D eigenvalue weighted by Crippen LogP contribution is 2.20. The summed E-state index contributed by atoms with van der Waals surface area (Å²) in [6.07, 6.45) is 3.24. The lowest BCUT2D eigenvalue weighted by Gasteiger charge is -2.09.